The predicted molar refractivity (Wildman–Crippen MR) is 95.3 cm³/mol. The molecule has 3 atom stereocenters. The quantitative estimate of drug-likeness (QED) is 0.0807. The van der Waals surface area contributed by atoms with Crippen molar-refractivity contribution in [3.05, 3.63) is 0 Å². The molecule has 0 aliphatic carbocycles. The summed E-state index contributed by atoms with van der Waals surface area (Å²) in [5.41, 5.74) is 9.88. The molecule has 3 unspecified atom stereocenters. The van der Waals surface area contributed by atoms with Gasteiger partial charge in [-0.25, -0.2) is 0 Å². The topological polar surface area (TPSA) is 286 Å². The van der Waals surface area contributed by atoms with Gasteiger partial charge >= 0.3 is 29.8 Å². The van der Waals surface area contributed by atoms with Crippen molar-refractivity contribution in [2.75, 3.05) is 6.54 Å². The zero-order valence-corrected chi connectivity index (χ0v) is 15.2. The van der Waals surface area contributed by atoms with Crippen LogP contribution in [0.25, 0.3) is 0 Å². The van der Waals surface area contributed by atoms with Gasteiger partial charge in [-0.05, 0) is 12.8 Å². The summed E-state index contributed by atoms with van der Waals surface area (Å²) in [4.78, 5) is 51.9. The lowest BCUT2D eigenvalue weighted by molar-refractivity contribution is -0.147. The number of carboxylic acid groups (broad SMARTS) is 5. The normalized spacial score (nSPS) is 13.0. The molecule has 0 saturated carbocycles. The number of aliphatic carboxylic acids is 5. The van der Waals surface area contributed by atoms with Crippen molar-refractivity contribution in [3.8, 4) is 0 Å². The van der Waals surface area contributed by atoms with E-state index in [9.17, 15) is 24.0 Å². The Balaban J connectivity index is 0. The molecule has 0 aliphatic heterocycles. The van der Waals surface area contributed by atoms with Crippen LogP contribution in [-0.4, -0.2) is 86.0 Å². The van der Waals surface area contributed by atoms with E-state index < -0.39 is 60.8 Å². The van der Waals surface area contributed by atoms with Crippen LogP contribution in [0.1, 0.15) is 25.7 Å². The van der Waals surface area contributed by atoms with E-state index >= 15 is 0 Å². The molecule has 0 fully saturated rings. The molecule has 0 aliphatic rings. The lowest BCUT2D eigenvalue weighted by Gasteiger charge is -2.19. The second-order valence-corrected chi connectivity index (χ2v) is 5.57. The monoisotopic (exact) mass is 423 g/mol. The first-order valence-corrected chi connectivity index (χ1v) is 7.99. The van der Waals surface area contributed by atoms with Crippen molar-refractivity contribution in [2.24, 2.45) is 11.5 Å². The van der Waals surface area contributed by atoms with Crippen LogP contribution in [0.5, 0.6) is 0 Å². The molecule has 0 aromatic rings. The Morgan fingerprint density at radius 2 is 1.31 bits per heavy atom. The highest BCUT2D eigenvalue weighted by molar-refractivity contribution is 5.82. The number of hydrogen-bond acceptors (Lipinski definition) is 8. The molecule has 29 heavy (non-hydrogen) atoms. The van der Waals surface area contributed by atoms with E-state index in [1.165, 1.54) is 0 Å². The molecule has 0 spiro atoms. The first-order valence-electron chi connectivity index (χ1n) is 7.99. The third kappa shape index (κ3) is 16.4. The molecule has 0 aromatic carbocycles. The Labute approximate surface area is 164 Å². The predicted octanol–water partition coefficient (Wildman–Crippen LogP) is -2.91. The van der Waals surface area contributed by atoms with Gasteiger partial charge in [0, 0.05) is 6.54 Å². The summed E-state index contributed by atoms with van der Waals surface area (Å²) in [6, 6.07) is -3.96. The number of carbonyl (C=O) groups is 5. The number of nitrogens with one attached hydrogen (secondary N) is 3. The van der Waals surface area contributed by atoms with Crippen molar-refractivity contribution in [1.82, 2.24) is 10.6 Å². The molecule has 15 nitrogen and oxygen atoms in total. The summed E-state index contributed by atoms with van der Waals surface area (Å²) in [6.45, 7) is 0.261. The van der Waals surface area contributed by atoms with Crippen LogP contribution >= 0.6 is 0 Å². The van der Waals surface area contributed by atoms with Gasteiger partial charge in [0.05, 0.1) is 12.8 Å². The Hall–Kier alpha value is -3.46. The zero-order valence-electron chi connectivity index (χ0n) is 15.2. The molecule has 0 aromatic heterocycles. The summed E-state index contributed by atoms with van der Waals surface area (Å²) < 4.78 is 0. The summed E-state index contributed by atoms with van der Waals surface area (Å²) in [5, 5.41) is 54.0. The van der Waals surface area contributed by atoms with E-state index in [4.69, 9.17) is 42.4 Å². The second kappa shape index (κ2) is 14.6. The molecule has 0 bridgehead atoms. The van der Waals surface area contributed by atoms with Crippen LogP contribution in [0.15, 0.2) is 0 Å². The smallest absolute Gasteiger partial charge is 0.321 e. The van der Waals surface area contributed by atoms with Crippen LogP contribution in [0.3, 0.4) is 0 Å². The molecule has 0 saturated heterocycles. The minimum Gasteiger partial charge on any atom is -0.481 e. The average Bonchev–Trinajstić information content (AvgIpc) is 2.55. The van der Waals surface area contributed by atoms with E-state index in [-0.39, 0.29) is 18.9 Å². The summed E-state index contributed by atoms with van der Waals surface area (Å²) >= 11 is 0. The van der Waals surface area contributed by atoms with Gasteiger partial charge < -0.3 is 42.3 Å². The maximum Gasteiger partial charge on any atom is 0.321 e. The van der Waals surface area contributed by atoms with Crippen LogP contribution in [0, 0.1) is 5.41 Å². The van der Waals surface area contributed by atoms with E-state index in [0.717, 1.165) is 0 Å². The van der Waals surface area contributed by atoms with Crippen LogP contribution < -0.4 is 22.1 Å². The van der Waals surface area contributed by atoms with Gasteiger partial charge in [-0.2, -0.15) is 0 Å². The molecule has 15 heteroatoms. The second-order valence-electron chi connectivity index (χ2n) is 5.57. The van der Waals surface area contributed by atoms with Gasteiger partial charge in [0.25, 0.3) is 0 Å². The molecular weight excluding hydrogens is 398 g/mol. The van der Waals surface area contributed by atoms with Crippen LogP contribution in [0.4, 0.5) is 0 Å². The highest BCUT2D eigenvalue weighted by Crippen LogP contribution is 2.02. The minimum absolute atomic E-state index is 0.0685. The Morgan fingerprint density at radius 1 is 0.828 bits per heavy atom. The molecular formula is C14H25N5O10. The largest absolute Gasteiger partial charge is 0.481 e. The Kier molecular flexibility index (Phi) is 14.0. The lowest BCUT2D eigenvalue weighted by atomic mass is 10.1. The van der Waals surface area contributed by atoms with E-state index in [1.54, 1.807) is 0 Å². The van der Waals surface area contributed by atoms with Crippen LogP contribution in [-0.2, 0) is 24.0 Å². The van der Waals surface area contributed by atoms with Crippen molar-refractivity contribution >= 4 is 35.8 Å². The standard InChI is InChI=1S/C10H18N4O6.C4H7NO4/c11-10(12)13-3-1-2-5(8(17)18)14-6(9(19)20)4-7(15)16;5-2(4(8)9)1-3(6)7/h5-6,14H,1-4H2,(H,15,16)(H,17,18)(H,19,20)(H4,11,12,13);2H,1,5H2,(H,6,7)(H,8,9). The molecule has 166 valence electrons. The molecule has 0 heterocycles. The minimum atomic E-state index is -1.48. The zero-order chi connectivity index (χ0) is 23.1. The number of carboxylic acids is 5. The van der Waals surface area contributed by atoms with Gasteiger partial charge in [0.2, 0.25) is 0 Å². The highest BCUT2D eigenvalue weighted by atomic mass is 16.4. The van der Waals surface area contributed by atoms with Crippen molar-refractivity contribution in [2.45, 2.75) is 43.8 Å². The maximum atomic E-state index is 11.0. The van der Waals surface area contributed by atoms with Gasteiger partial charge in [-0.1, -0.05) is 0 Å². The maximum absolute atomic E-state index is 11.0. The highest BCUT2D eigenvalue weighted by Gasteiger charge is 2.27. The molecule has 12 N–H and O–H groups in total. The summed E-state index contributed by atoms with van der Waals surface area (Å²) in [6.07, 6.45) is -0.859. The first kappa shape index (κ1) is 27.8. The third-order valence-electron chi connectivity index (χ3n) is 3.07. The third-order valence-corrected chi connectivity index (χ3v) is 3.07. The number of rotatable bonds is 13. The van der Waals surface area contributed by atoms with Crippen molar-refractivity contribution in [3.63, 3.8) is 0 Å². The fourth-order valence-corrected chi connectivity index (χ4v) is 1.72. The van der Waals surface area contributed by atoms with Crippen molar-refractivity contribution < 1.29 is 49.5 Å². The number of hydrogen-bond donors (Lipinski definition) is 10. The van der Waals surface area contributed by atoms with Gasteiger partial charge in [0.15, 0.2) is 5.96 Å². The lowest BCUT2D eigenvalue weighted by Crippen LogP contribution is -2.48. The molecule has 0 radical (unpaired) electrons. The van der Waals surface area contributed by atoms with Crippen LogP contribution in [0.2, 0.25) is 0 Å². The van der Waals surface area contributed by atoms with Gasteiger partial charge in [-0.15, -0.1) is 0 Å². The Bertz CT molecular complexity index is 612. The summed E-state index contributed by atoms with van der Waals surface area (Å²) in [5.74, 6) is -6.79. The fraction of sp³-hybridized carbons (Fsp3) is 0.571. The fourth-order valence-electron chi connectivity index (χ4n) is 1.72. The van der Waals surface area contributed by atoms with E-state index in [2.05, 4.69) is 10.6 Å². The molecule has 0 rings (SSSR count). The average molecular weight is 423 g/mol. The van der Waals surface area contributed by atoms with Crippen molar-refractivity contribution in [1.29, 1.82) is 5.41 Å². The first-order chi connectivity index (χ1) is 13.3. The van der Waals surface area contributed by atoms with E-state index in [0.29, 0.717) is 6.42 Å². The summed E-state index contributed by atoms with van der Waals surface area (Å²) in [7, 11) is 0. The van der Waals surface area contributed by atoms with Gasteiger partial charge in [0.1, 0.15) is 18.1 Å². The number of nitrogens with two attached hydrogens (primary N) is 2. The number of guanidine groups is 1. The molecule has 0 amide bonds. The SMILES string of the molecule is N=C(N)NCCCC(NC(CC(=O)O)C(=O)O)C(=O)O.NC(CC(=O)O)C(=O)O. The van der Waals surface area contributed by atoms with Gasteiger partial charge in [-0.3, -0.25) is 34.7 Å². The van der Waals surface area contributed by atoms with E-state index in [1.807, 2.05) is 0 Å². The Morgan fingerprint density at radius 3 is 1.62 bits per heavy atom.